The van der Waals surface area contributed by atoms with Crippen LogP contribution in [0.25, 0.3) is 0 Å². The van der Waals surface area contributed by atoms with Crippen molar-refractivity contribution in [3.8, 4) is 0 Å². The van der Waals surface area contributed by atoms with Crippen LogP contribution in [0.1, 0.15) is 24.8 Å². The summed E-state index contributed by atoms with van der Waals surface area (Å²) >= 11 is 0. The topological polar surface area (TPSA) is 20.3 Å². The Labute approximate surface area is 114 Å². The molecule has 1 saturated carbocycles. The number of nitrogens with zero attached hydrogens (tertiary/aromatic N) is 1. The van der Waals surface area contributed by atoms with Crippen molar-refractivity contribution >= 4 is 5.78 Å². The molecule has 3 rings (SSSR count). The molecule has 2 heteroatoms. The molecule has 1 saturated heterocycles. The molecule has 19 heavy (non-hydrogen) atoms. The fourth-order valence-electron chi connectivity index (χ4n) is 3.31. The van der Waals surface area contributed by atoms with E-state index in [2.05, 4.69) is 41.5 Å². The molecule has 1 aromatic carbocycles. The number of piperidine rings is 1. The van der Waals surface area contributed by atoms with Gasteiger partial charge in [0.05, 0.1) is 0 Å². The number of Topliss-reactive ketones (excluding diaryl/α,β-unsaturated/α-hetero) is 1. The minimum absolute atomic E-state index is 0.100. The summed E-state index contributed by atoms with van der Waals surface area (Å²) in [4.78, 5) is 14.4. The SMILES string of the molecule is C=C=C1CN(Cc2ccccc2)[C@@H]2CCC(=O)[C@H]1C2. The Bertz CT molecular complexity index is 527. The minimum Gasteiger partial charge on any atom is -0.299 e. The Kier molecular flexibility index (Phi) is 3.37. The number of likely N-dealkylation sites (tertiary alicyclic amines) is 1. The van der Waals surface area contributed by atoms with Crippen LogP contribution < -0.4 is 0 Å². The summed E-state index contributed by atoms with van der Waals surface area (Å²) in [6.45, 7) is 5.57. The van der Waals surface area contributed by atoms with Crippen LogP contribution in [0, 0.1) is 5.92 Å². The average Bonchev–Trinajstić information content (AvgIpc) is 2.46. The van der Waals surface area contributed by atoms with Gasteiger partial charge in [0.1, 0.15) is 5.78 Å². The number of rotatable bonds is 2. The molecule has 0 amide bonds. The van der Waals surface area contributed by atoms with Crippen molar-refractivity contribution in [1.82, 2.24) is 4.90 Å². The van der Waals surface area contributed by atoms with E-state index in [1.165, 1.54) is 5.56 Å². The molecule has 2 atom stereocenters. The molecular weight excluding hydrogens is 234 g/mol. The Morgan fingerprint density at radius 2 is 2.11 bits per heavy atom. The normalized spacial score (nSPS) is 27.2. The summed E-state index contributed by atoms with van der Waals surface area (Å²) in [6, 6.07) is 11.1. The second kappa shape index (κ2) is 5.16. The third-order valence-corrected chi connectivity index (χ3v) is 4.39. The number of fused-ring (bicyclic) bond motifs is 2. The maximum absolute atomic E-state index is 11.9. The number of ketones is 1. The zero-order chi connectivity index (χ0) is 13.2. The smallest absolute Gasteiger partial charge is 0.140 e. The van der Waals surface area contributed by atoms with Crippen molar-refractivity contribution in [3.63, 3.8) is 0 Å². The average molecular weight is 253 g/mol. The first-order chi connectivity index (χ1) is 9.28. The molecule has 1 aliphatic carbocycles. The molecule has 1 aromatic rings. The number of carbonyl (C=O) groups is 1. The van der Waals surface area contributed by atoms with Crippen LogP contribution in [-0.2, 0) is 11.3 Å². The molecule has 1 heterocycles. The number of carbonyl (C=O) groups excluding carboxylic acids is 1. The third kappa shape index (κ3) is 2.42. The van der Waals surface area contributed by atoms with E-state index < -0.39 is 0 Å². The maximum atomic E-state index is 11.9. The standard InChI is InChI=1S/C17H19NO/c1-2-14-12-18(11-13-6-4-3-5-7-13)15-8-9-17(19)16(14)10-15/h3-7,15-16H,1,8-12H2/t15-,16+/m1/s1. The summed E-state index contributed by atoms with van der Waals surface area (Å²) in [5.41, 5.74) is 5.44. The van der Waals surface area contributed by atoms with Crippen LogP contribution >= 0.6 is 0 Å². The lowest BCUT2D eigenvalue weighted by Crippen LogP contribution is -2.48. The van der Waals surface area contributed by atoms with Crippen LogP contribution in [0.5, 0.6) is 0 Å². The van der Waals surface area contributed by atoms with Crippen LogP contribution in [-0.4, -0.2) is 23.3 Å². The molecule has 2 fully saturated rings. The van der Waals surface area contributed by atoms with Crippen LogP contribution in [0.15, 0.2) is 48.2 Å². The molecule has 1 aliphatic heterocycles. The Hall–Kier alpha value is -1.63. The molecule has 0 unspecified atom stereocenters. The van der Waals surface area contributed by atoms with E-state index in [-0.39, 0.29) is 5.92 Å². The first-order valence-electron chi connectivity index (χ1n) is 6.97. The zero-order valence-corrected chi connectivity index (χ0v) is 11.1. The minimum atomic E-state index is 0.100. The van der Waals surface area contributed by atoms with E-state index in [1.807, 2.05) is 6.07 Å². The quantitative estimate of drug-likeness (QED) is 0.755. The van der Waals surface area contributed by atoms with Crippen molar-refractivity contribution in [2.24, 2.45) is 5.92 Å². The largest absolute Gasteiger partial charge is 0.299 e. The van der Waals surface area contributed by atoms with E-state index in [0.29, 0.717) is 18.2 Å². The first kappa shape index (κ1) is 12.4. The molecule has 2 aliphatic rings. The lowest BCUT2D eigenvalue weighted by atomic mass is 9.76. The highest BCUT2D eigenvalue weighted by molar-refractivity contribution is 5.85. The van der Waals surface area contributed by atoms with E-state index in [0.717, 1.165) is 31.5 Å². The van der Waals surface area contributed by atoms with Gasteiger partial charge in [0.2, 0.25) is 0 Å². The van der Waals surface area contributed by atoms with Crippen molar-refractivity contribution in [3.05, 3.63) is 53.8 Å². The summed E-state index contributed by atoms with van der Waals surface area (Å²) in [5.74, 6) is 0.491. The van der Waals surface area contributed by atoms with E-state index in [1.54, 1.807) is 0 Å². The number of hydrogen-bond donors (Lipinski definition) is 0. The van der Waals surface area contributed by atoms with Gasteiger partial charge in [-0.05, 0) is 24.0 Å². The van der Waals surface area contributed by atoms with Crippen molar-refractivity contribution in [2.75, 3.05) is 6.54 Å². The molecule has 0 radical (unpaired) electrons. The van der Waals surface area contributed by atoms with Gasteiger partial charge in [-0.15, -0.1) is 5.73 Å². The Morgan fingerprint density at radius 1 is 1.32 bits per heavy atom. The fourth-order valence-corrected chi connectivity index (χ4v) is 3.31. The fraction of sp³-hybridized carbons (Fsp3) is 0.412. The van der Waals surface area contributed by atoms with E-state index in [4.69, 9.17) is 0 Å². The molecular formula is C17H19NO. The lowest BCUT2D eigenvalue weighted by Gasteiger charge is -2.43. The van der Waals surface area contributed by atoms with E-state index >= 15 is 0 Å². The van der Waals surface area contributed by atoms with Crippen molar-refractivity contribution in [2.45, 2.75) is 31.8 Å². The van der Waals surface area contributed by atoms with Gasteiger partial charge in [-0.25, -0.2) is 0 Å². The van der Waals surface area contributed by atoms with Gasteiger partial charge in [0.15, 0.2) is 0 Å². The predicted octanol–water partition coefficient (Wildman–Crippen LogP) is 2.95. The summed E-state index contributed by atoms with van der Waals surface area (Å²) in [5, 5.41) is 0. The van der Waals surface area contributed by atoms with Gasteiger partial charge in [0.25, 0.3) is 0 Å². The van der Waals surface area contributed by atoms with Gasteiger partial charge in [0, 0.05) is 31.5 Å². The Balaban J connectivity index is 1.80. The van der Waals surface area contributed by atoms with Crippen LogP contribution in [0.4, 0.5) is 0 Å². The molecule has 0 spiro atoms. The monoisotopic (exact) mass is 253 g/mol. The highest BCUT2D eigenvalue weighted by Crippen LogP contribution is 2.36. The number of hydrogen-bond acceptors (Lipinski definition) is 2. The van der Waals surface area contributed by atoms with Gasteiger partial charge in [-0.3, -0.25) is 9.69 Å². The van der Waals surface area contributed by atoms with Crippen molar-refractivity contribution < 1.29 is 4.79 Å². The van der Waals surface area contributed by atoms with Gasteiger partial charge >= 0.3 is 0 Å². The Morgan fingerprint density at radius 3 is 2.84 bits per heavy atom. The summed E-state index contributed by atoms with van der Waals surface area (Å²) in [7, 11) is 0. The second-order valence-corrected chi connectivity index (χ2v) is 5.54. The lowest BCUT2D eigenvalue weighted by molar-refractivity contribution is -0.126. The van der Waals surface area contributed by atoms with E-state index in [9.17, 15) is 4.79 Å². The van der Waals surface area contributed by atoms with Gasteiger partial charge < -0.3 is 0 Å². The van der Waals surface area contributed by atoms with Crippen molar-refractivity contribution in [1.29, 1.82) is 0 Å². The molecule has 2 nitrogen and oxygen atoms in total. The van der Waals surface area contributed by atoms with Crippen LogP contribution in [0.2, 0.25) is 0 Å². The van der Waals surface area contributed by atoms with Gasteiger partial charge in [-0.1, -0.05) is 36.9 Å². The predicted molar refractivity (Wildman–Crippen MR) is 75.6 cm³/mol. The highest BCUT2D eigenvalue weighted by Gasteiger charge is 2.39. The number of benzene rings is 1. The highest BCUT2D eigenvalue weighted by atomic mass is 16.1. The summed E-state index contributed by atoms with van der Waals surface area (Å²) < 4.78 is 0. The molecule has 98 valence electrons. The zero-order valence-electron chi connectivity index (χ0n) is 11.1. The molecule has 2 bridgehead atoms. The molecule has 0 N–H and O–H groups in total. The van der Waals surface area contributed by atoms with Gasteiger partial charge in [-0.2, -0.15) is 0 Å². The summed E-state index contributed by atoms with van der Waals surface area (Å²) in [6.07, 6.45) is 2.68. The third-order valence-electron chi connectivity index (χ3n) is 4.39. The first-order valence-corrected chi connectivity index (χ1v) is 6.97. The maximum Gasteiger partial charge on any atom is 0.140 e. The molecule has 0 aromatic heterocycles. The van der Waals surface area contributed by atoms with Crippen LogP contribution in [0.3, 0.4) is 0 Å². The second-order valence-electron chi connectivity index (χ2n) is 5.54.